The summed E-state index contributed by atoms with van der Waals surface area (Å²) >= 11 is 0. The summed E-state index contributed by atoms with van der Waals surface area (Å²) < 4.78 is 25.4. The molecule has 0 fully saturated rings. The van der Waals surface area contributed by atoms with Crippen molar-refractivity contribution in [3.63, 3.8) is 0 Å². The van der Waals surface area contributed by atoms with Gasteiger partial charge in [0.2, 0.25) is 10.0 Å². The molecule has 0 spiro atoms. The molecule has 2 N–H and O–H groups in total. The van der Waals surface area contributed by atoms with Gasteiger partial charge in [-0.15, -0.1) is 6.58 Å². The maximum Gasteiger partial charge on any atom is 0.215 e. The number of rotatable bonds is 7. The van der Waals surface area contributed by atoms with E-state index in [2.05, 4.69) is 11.3 Å². The van der Waals surface area contributed by atoms with Crippen molar-refractivity contribution in [2.75, 3.05) is 12.4 Å². The minimum Gasteiger partial charge on any atom is -0.395 e. The van der Waals surface area contributed by atoms with Gasteiger partial charge in [-0.2, -0.15) is 0 Å². The summed E-state index contributed by atoms with van der Waals surface area (Å²) in [6.07, 6.45) is 1.78. The van der Waals surface area contributed by atoms with E-state index in [0.717, 1.165) is 5.56 Å². The average Bonchev–Trinajstić information content (AvgIpc) is 2.29. The highest BCUT2D eigenvalue weighted by Gasteiger charge is 2.16. The summed E-state index contributed by atoms with van der Waals surface area (Å²) in [5.41, 5.74) is 0.979. The van der Waals surface area contributed by atoms with E-state index in [9.17, 15) is 8.42 Å². The zero-order valence-corrected chi connectivity index (χ0v) is 10.4. The van der Waals surface area contributed by atoms with Gasteiger partial charge in [-0.25, -0.2) is 13.1 Å². The number of aliphatic hydroxyl groups is 1. The highest BCUT2D eigenvalue weighted by atomic mass is 32.2. The van der Waals surface area contributed by atoms with Gasteiger partial charge in [0.1, 0.15) is 0 Å². The van der Waals surface area contributed by atoms with Crippen LogP contribution < -0.4 is 4.72 Å². The van der Waals surface area contributed by atoms with E-state index in [0.29, 0.717) is 6.42 Å². The van der Waals surface area contributed by atoms with Crippen LogP contribution in [0.2, 0.25) is 0 Å². The Balaban J connectivity index is 2.64. The van der Waals surface area contributed by atoms with Crippen LogP contribution in [0, 0.1) is 0 Å². The van der Waals surface area contributed by atoms with Gasteiger partial charge < -0.3 is 5.11 Å². The molecule has 1 rings (SSSR count). The molecule has 0 aliphatic carbocycles. The lowest BCUT2D eigenvalue weighted by atomic mass is 10.1. The maximum atomic E-state index is 11.5. The largest absolute Gasteiger partial charge is 0.395 e. The van der Waals surface area contributed by atoms with E-state index < -0.39 is 16.1 Å². The Morgan fingerprint density at radius 2 is 2.00 bits per heavy atom. The molecule has 94 valence electrons. The van der Waals surface area contributed by atoms with Crippen molar-refractivity contribution < 1.29 is 13.5 Å². The summed E-state index contributed by atoms with van der Waals surface area (Å²) in [4.78, 5) is 0. The molecule has 1 atom stereocenters. The molecule has 0 saturated carbocycles. The summed E-state index contributed by atoms with van der Waals surface area (Å²) in [6.45, 7) is 3.15. The summed E-state index contributed by atoms with van der Waals surface area (Å²) in [7, 11) is -3.39. The third-order valence-electron chi connectivity index (χ3n) is 2.23. The molecule has 1 aromatic carbocycles. The lowest BCUT2D eigenvalue weighted by Gasteiger charge is -2.15. The van der Waals surface area contributed by atoms with E-state index in [1.54, 1.807) is 0 Å². The molecule has 1 aromatic rings. The van der Waals surface area contributed by atoms with Crippen LogP contribution in [-0.2, 0) is 16.4 Å². The standard InChI is InChI=1S/C12H17NO3S/c1-2-8-17(15,16)13-12(10-14)9-11-6-4-3-5-7-11/h2-7,12-14H,1,8-10H2. The molecule has 0 radical (unpaired) electrons. The minimum atomic E-state index is -3.39. The normalized spacial score (nSPS) is 13.2. The van der Waals surface area contributed by atoms with Crippen LogP contribution in [-0.4, -0.2) is 31.9 Å². The number of benzene rings is 1. The van der Waals surface area contributed by atoms with Crippen LogP contribution in [0.1, 0.15) is 5.56 Å². The lowest BCUT2D eigenvalue weighted by molar-refractivity contribution is 0.256. The summed E-state index contributed by atoms with van der Waals surface area (Å²) in [5.74, 6) is -0.141. The fourth-order valence-electron chi connectivity index (χ4n) is 1.50. The zero-order valence-electron chi connectivity index (χ0n) is 9.54. The molecular weight excluding hydrogens is 238 g/mol. The topological polar surface area (TPSA) is 66.4 Å². The Hall–Kier alpha value is -1.17. The van der Waals surface area contributed by atoms with Gasteiger partial charge in [0.05, 0.1) is 12.4 Å². The summed E-state index contributed by atoms with van der Waals surface area (Å²) in [6, 6.07) is 8.93. The first-order valence-corrected chi connectivity index (χ1v) is 6.98. The van der Waals surface area contributed by atoms with Crippen molar-refractivity contribution in [3.8, 4) is 0 Å². The number of hydrogen-bond acceptors (Lipinski definition) is 3. The Morgan fingerprint density at radius 3 is 2.53 bits per heavy atom. The number of nitrogens with one attached hydrogen (secondary N) is 1. The van der Waals surface area contributed by atoms with Gasteiger partial charge in [0.15, 0.2) is 0 Å². The first-order chi connectivity index (χ1) is 8.07. The van der Waals surface area contributed by atoms with E-state index in [1.165, 1.54) is 6.08 Å². The van der Waals surface area contributed by atoms with Crippen LogP contribution in [0.3, 0.4) is 0 Å². The van der Waals surface area contributed by atoms with Gasteiger partial charge in [0, 0.05) is 6.04 Å². The third kappa shape index (κ3) is 5.12. The lowest BCUT2D eigenvalue weighted by Crippen LogP contribution is -2.39. The predicted octanol–water partition coefficient (Wildman–Crippen LogP) is 0.695. The Morgan fingerprint density at radius 1 is 1.35 bits per heavy atom. The molecule has 0 heterocycles. The molecular formula is C12H17NO3S. The van der Waals surface area contributed by atoms with Gasteiger partial charge in [0.25, 0.3) is 0 Å². The molecule has 0 saturated heterocycles. The number of aliphatic hydroxyl groups excluding tert-OH is 1. The number of sulfonamides is 1. The molecule has 17 heavy (non-hydrogen) atoms. The van der Waals surface area contributed by atoms with Gasteiger partial charge in [-0.3, -0.25) is 0 Å². The monoisotopic (exact) mass is 255 g/mol. The molecule has 0 aliphatic heterocycles. The number of hydrogen-bond donors (Lipinski definition) is 2. The molecule has 0 amide bonds. The second-order valence-corrected chi connectivity index (χ2v) is 5.56. The van der Waals surface area contributed by atoms with Crippen LogP contribution in [0.15, 0.2) is 43.0 Å². The van der Waals surface area contributed by atoms with Gasteiger partial charge >= 0.3 is 0 Å². The van der Waals surface area contributed by atoms with Crippen molar-refractivity contribution >= 4 is 10.0 Å². The molecule has 0 aliphatic rings. The third-order valence-corrected chi connectivity index (χ3v) is 3.60. The maximum absolute atomic E-state index is 11.5. The molecule has 1 unspecified atom stereocenters. The minimum absolute atomic E-state index is 0.141. The molecule has 0 bridgehead atoms. The van der Waals surface area contributed by atoms with Crippen LogP contribution >= 0.6 is 0 Å². The molecule has 5 heteroatoms. The first-order valence-electron chi connectivity index (χ1n) is 5.33. The van der Waals surface area contributed by atoms with E-state index in [-0.39, 0.29) is 12.4 Å². The average molecular weight is 255 g/mol. The van der Waals surface area contributed by atoms with Crippen LogP contribution in [0.25, 0.3) is 0 Å². The quantitative estimate of drug-likeness (QED) is 0.705. The highest BCUT2D eigenvalue weighted by Crippen LogP contribution is 2.04. The van der Waals surface area contributed by atoms with Gasteiger partial charge in [-0.05, 0) is 12.0 Å². The summed E-state index contributed by atoms with van der Waals surface area (Å²) in [5, 5.41) is 9.17. The van der Waals surface area contributed by atoms with Crippen LogP contribution in [0.4, 0.5) is 0 Å². The molecule has 0 aromatic heterocycles. The van der Waals surface area contributed by atoms with Crippen molar-refractivity contribution in [1.82, 2.24) is 4.72 Å². The second kappa shape index (κ2) is 6.54. The smallest absolute Gasteiger partial charge is 0.215 e. The predicted molar refractivity (Wildman–Crippen MR) is 68.1 cm³/mol. The first kappa shape index (κ1) is 13.9. The fourth-order valence-corrected chi connectivity index (χ4v) is 2.57. The molecule has 4 nitrogen and oxygen atoms in total. The van der Waals surface area contributed by atoms with E-state index in [4.69, 9.17) is 5.11 Å². The van der Waals surface area contributed by atoms with E-state index in [1.807, 2.05) is 30.3 Å². The van der Waals surface area contributed by atoms with Crippen LogP contribution in [0.5, 0.6) is 0 Å². The fraction of sp³-hybridized carbons (Fsp3) is 0.333. The SMILES string of the molecule is C=CCS(=O)(=O)NC(CO)Cc1ccccc1. The van der Waals surface area contributed by atoms with Crippen molar-refractivity contribution in [1.29, 1.82) is 0 Å². The van der Waals surface area contributed by atoms with Crippen molar-refractivity contribution in [2.24, 2.45) is 0 Å². The van der Waals surface area contributed by atoms with Crippen molar-refractivity contribution in [2.45, 2.75) is 12.5 Å². The Labute approximate surface area is 102 Å². The van der Waals surface area contributed by atoms with E-state index >= 15 is 0 Å². The Kier molecular flexibility index (Phi) is 5.34. The second-order valence-electron chi connectivity index (χ2n) is 3.76. The Bertz CT molecular complexity index is 442. The highest BCUT2D eigenvalue weighted by molar-refractivity contribution is 7.89. The van der Waals surface area contributed by atoms with Crippen molar-refractivity contribution in [3.05, 3.63) is 48.6 Å². The van der Waals surface area contributed by atoms with Gasteiger partial charge in [-0.1, -0.05) is 36.4 Å². The zero-order chi connectivity index (χ0) is 12.7.